The number of hydrogen-bond donors (Lipinski definition) is 1. The maximum absolute atomic E-state index is 12.5. The summed E-state index contributed by atoms with van der Waals surface area (Å²) in [5.41, 5.74) is -0.116. The molecule has 1 aliphatic heterocycles. The van der Waals surface area contributed by atoms with Crippen LogP contribution in [0.1, 0.15) is 28.3 Å². The van der Waals surface area contributed by atoms with Gasteiger partial charge in [-0.1, -0.05) is 23.7 Å². The van der Waals surface area contributed by atoms with Crippen LogP contribution in [0, 0.1) is 0 Å². The van der Waals surface area contributed by atoms with Crippen molar-refractivity contribution in [2.24, 2.45) is 7.05 Å². The second kappa shape index (κ2) is 6.04. The maximum Gasteiger partial charge on any atom is 0.328 e. The van der Waals surface area contributed by atoms with Crippen molar-refractivity contribution in [3.63, 3.8) is 0 Å². The summed E-state index contributed by atoms with van der Waals surface area (Å²) in [6, 6.07) is 7.59. The number of nitrogens with zero attached hydrogens (tertiary/aromatic N) is 2. The van der Waals surface area contributed by atoms with Gasteiger partial charge in [0.2, 0.25) is 0 Å². The van der Waals surface area contributed by atoms with Crippen molar-refractivity contribution >= 4 is 17.5 Å². The second-order valence-electron chi connectivity index (χ2n) is 5.70. The number of hydrogen-bond acceptors (Lipinski definition) is 3. The SMILES string of the molecule is Cn1cc(C(=O)N2CC[C@H](c3cccc(Cl)c3)C2)c(=O)[nH]c1=O. The molecule has 0 bridgehead atoms. The van der Waals surface area contributed by atoms with Gasteiger partial charge >= 0.3 is 5.69 Å². The van der Waals surface area contributed by atoms with Crippen molar-refractivity contribution in [1.82, 2.24) is 14.5 Å². The number of amides is 1. The largest absolute Gasteiger partial charge is 0.338 e. The highest BCUT2D eigenvalue weighted by Crippen LogP contribution is 2.29. The Kier molecular flexibility index (Phi) is 4.09. The smallest absolute Gasteiger partial charge is 0.328 e. The fourth-order valence-electron chi connectivity index (χ4n) is 2.86. The second-order valence-corrected chi connectivity index (χ2v) is 6.14. The lowest BCUT2D eigenvalue weighted by Crippen LogP contribution is -2.37. The molecule has 2 heterocycles. The minimum atomic E-state index is -0.649. The molecule has 1 N–H and O–H groups in total. The van der Waals surface area contributed by atoms with Gasteiger partial charge in [-0.3, -0.25) is 14.6 Å². The normalized spacial score (nSPS) is 17.5. The molecular weight excluding hydrogens is 318 g/mol. The molecule has 1 amide bonds. The number of rotatable bonds is 2. The molecule has 0 spiro atoms. The van der Waals surface area contributed by atoms with E-state index in [0.717, 1.165) is 12.0 Å². The Hall–Kier alpha value is -2.34. The molecule has 120 valence electrons. The Balaban J connectivity index is 1.82. The summed E-state index contributed by atoms with van der Waals surface area (Å²) >= 11 is 6.01. The lowest BCUT2D eigenvalue weighted by molar-refractivity contribution is 0.0788. The van der Waals surface area contributed by atoms with Gasteiger partial charge in [-0.05, 0) is 24.1 Å². The van der Waals surface area contributed by atoms with Crippen molar-refractivity contribution in [2.75, 3.05) is 13.1 Å². The van der Waals surface area contributed by atoms with E-state index >= 15 is 0 Å². The molecule has 1 fully saturated rings. The Morgan fingerprint density at radius 3 is 2.87 bits per heavy atom. The number of H-pyrrole nitrogens is 1. The predicted octanol–water partition coefficient (Wildman–Crippen LogP) is 1.36. The van der Waals surface area contributed by atoms with E-state index in [1.54, 1.807) is 4.90 Å². The van der Waals surface area contributed by atoms with Crippen LogP contribution in [0.2, 0.25) is 5.02 Å². The van der Waals surface area contributed by atoms with E-state index < -0.39 is 11.2 Å². The van der Waals surface area contributed by atoms with Gasteiger partial charge in [0.15, 0.2) is 0 Å². The standard InChI is InChI=1S/C16H16ClN3O3/c1-19-9-13(14(21)18-16(19)23)15(22)20-6-5-11(8-20)10-3-2-4-12(17)7-10/h2-4,7,9,11H,5-6,8H2,1H3,(H,18,21,23)/t11-/m0/s1. The van der Waals surface area contributed by atoms with E-state index in [1.807, 2.05) is 24.3 Å². The highest BCUT2D eigenvalue weighted by atomic mass is 35.5. The van der Waals surface area contributed by atoms with Crippen LogP contribution in [0.25, 0.3) is 0 Å². The molecule has 1 aromatic carbocycles. The van der Waals surface area contributed by atoms with Crippen LogP contribution in [-0.4, -0.2) is 33.4 Å². The van der Waals surface area contributed by atoms with E-state index in [0.29, 0.717) is 18.1 Å². The minimum Gasteiger partial charge on any atom is -0.338 e. The third-order valence-electron chi connectivity index (χ3n) is 4.13. The van der Waals surface area contributed by atoms with E-state index in [9.17, 15) is 14.4 Å². The first-order valence-electron chi connectivity index (χ1n) is 7.30. The van der Waals surface area contributed by atoms with E-state index in [4.69, 9.17) is 11.6 Å². The zero-order valence-corrected chi connectivity index (χ0v) is 13.3. The molecule has 3 rings (SSSR count). The monoisotopic (exact) mass is 333 g/mol. The van der Waals surface area contributed by atoms with Crippen molar-refractivity contribution in [1.29, 1.82) is 0 Å². The summed E-state index contributed by atoms with van der Waals surface area (Å²) < 4.78 is 1.19. The molecule has 0 radical (unpaired) electrons. The summed E-state index contributed by atoms with van der Waals surface area (Å²) in [6.07, 6.45) is 2.10. The molecule has 6 nitrogen and oxygen atoms in total. The first-order valence-corrected chi connectivity index (χ1v) is 7.68. The molecule has 0 unspecified atom stereocenters. The van der Waals surface area contributed by atoms with Crippen molar-refractivity contribution in [2.45, 2.75) is 12.3 Å². The van der Waals surface area contributed by atoms with Gasteiger partial charge in [0.25, 0.3) is 11.5 Å². The van der Waals surface area contributed by atoms with E-state index in [-0.39, 0.29) is 17.4 Å². The molecule has 7 heteroatoms. The van der Waals surface area contributed by atoms with Crippen LogP contribution in [0.5, 0.6) is 0 Å². The van der Waals surface area contributed by atoms with Crippen molar-refractivity contribution in [3.8, 4) is 0 Å². The average molecular weight is 334 g/mol. The van der Waals surface area contributed by atoms with Crippen LogP contribution < -0.4 is 11.2 Å². The number of halogens is 1. The Labute approximate surface area is 137 Å². The Morgan fingerprint density at radius 1 is 1.35 bits per heavy atom. The molecule has 23 heavy (non-hydrogen) atoms. The van der Waals surface area contributed by atoms with Gasteiger partial charge in [-0.15, -0.1) is 0 Å². The molecular formula is C16H16ClN3O3. The van der Waals surface area contributed by atoms with Gasteiger partial charge in [0.1, 0.15) is 5.56 Å². The third kappa shape index (κ3) is 3.07. The summed E-state index contributed by atoms with van der Waals surface area (Å²) in [5, 5.41) is 0.668. The fraction of sp³-hybridized carbons (Fsp3) is 0.312. The first-order chi connectivity index (χ1) is 11.0. The summed E-state index contributed by atoms with van der Waals surface area (Å²) in [7, 11) is 1.49. The number of nitrogens with one attached hydrogen (secondary N) is 1. The maximum atomic E-state index is 12.5. The van der Waals surface area contributed by atoms with Crippen molar-refractivity contribution < 1.29 is 4.79 Å². The molecule has 0 aliphatic carbocycles. The average Bonchev–Trinajstić information content (AvgIpc) is 3.00. The van der Waals surface area contributed by atoms with Crippen molar-refractivity contribution in [3.05, 3.63) is 67.4 Å². The Morgan fingerprint density at radius 2 is 2.13 bits per heavy atom. The molecule has 2 aromatic rings. The Bertz CT molecular complexity index is 871. The topological polar surface area (TPSA) is 75.2 Å². The van der Waals surface area contributed by atoms with Crippen LogP contribution in [-0.2, 0) is 7.05 Å². The van der Waals surface area contributed by atoms with Gasteiger partial charge < -0.3 is 9.47 Å². The van der Waals surface area contributed by atoms with Gasteiger partial charge in [0.05, 0.1) is 0 Å². The highest BCUT2D eigenvalue weighted by Gasteiger charge is 2.29. The highest BCUT2D eigenvalue weighted by molar-refractivity contribution is 6.30. The molecule has 1 atom stereocenters. The lowest BCUT2D eigenvalue weighted by Gasteiger charge is -2.16. The van der Waals surface area contributed by atoms with Gasteiger partial charge in [0, 0.05) is 37.3 Å². The minimum absolute atomic E-state index is 0.0150. The summed E-state index contributed by atoms with van der Waals surface area (Å²) in [4.78, 5) is 39.6. The number of carbonyl (C=O) groups is 1. The first kappa shape index (κ1) is 15.6. The van der Waals surface area contributed by atoms with Crippen LogP contribution in [0.4, 0.5) is 0 Å². The predicted molar refractivity (Wildman–Crippen MR) is 87.0 cm³/mol. The number of carbonyl (C=O) groups excluding carboxylic acids is 1. The number of likely N-dealkylation sites (tertiary alicyclic amines) is 1. The number of benzene rings is 1. The molecule has 0 saturated carbocycles. The molecule has 1 aromatic heterocycles. The number of aryl methyl sites for hydroxylation is 1. The van der Waals surface area contributed by atoms with E-state index in [2.05, 4.69) is 4.98 Å². The molecule has 1 saturated heterocycles. The lowest BCUT2D eigenvalue weighted by atomic mass is 9.99. The van der Waals surface area contributed by atoms with Crippen LogP contribution in [0.15, 0.2) is 40.1 Å². The summed E-state index contributed by atoms with van der Waals surface area (Å²) in [5.74, 6) is -0.157. The zero-order chi connectivity index (χ0) is 16.6. The summed E-state index contributed by atoms with van der Waals surface area (Å²) in [6.45, 7) is 1.10. The van der Waals surface area contributed by atoms with Gasteiger partial charge in [-0.25, -0.2) is 4.79 Å². The molecule has 1 aliphatic rings. The van der Waals surface area contributed by atoms with Gasteiger partial charge in [-0.2, -0.15) is 0 Å². The quantitative estimate of drug-likeness (QED) is 0.901. The number of aromatic nitrogens is 2. The number of aromatic amines is 1. The van der Waals surface area contributed by atoms with Crippen LogP contribution in [0.3, 0.4) is 0 Å². The van der Waals surface area contributed by atoms with E-state index in [1.165, 1.54) is 17.8 Å². The zero-order valence-electron chi connectivity index (χ0n) is 12.6. The third-order valence-corrected chi connectivity index (χ3v) is 4.37. The fourth-order valence-corrected chi connectivity index (χ4v) is 3.06. The van der Waals surface area contributed by atoms with Crippen LogP contribution >= 0.6 is 11.6 Å².